The van der Waals surface area contributed by atoms with Gasteiger partial charge in [-0.15, -0.1) is 6.58 Å². The van der Waals surface area contributed by atoms with Gasteiger partial charge in [-0.1, -0.05) is 40.6 Å². The summed E-state index contributed by atoms with van der Waals surface area (Å²) in [7, 11) is 0. The molecule has 1 amide bonds. The SMILES string of the molecule is C=CCOCC(NC(=O)C1(c2ccc(Br)cc2)CCC1)C(=O)O. The van der Waals surface area contributed by atoms with Gasteiger partial charge < -0.3 is 15.2 Å². The van der Waals surface area contributed by atoms with Gasteiger partial charge in [0.2, 0.25) is 5.91 Å². The van der Waals surface area contributed by atoms with E-state index in [2.05, 4.69) is 27.8 Å². The van der Waals surface area contributed by atoms with E-state index in [4.69, 9.17) is 4.74 Å². The largest absolute Gasteiger partial charge is 0.480 e. The highest BCUT2D eigenvalue weighted by molar-refractivity contribution is 9.10. The molecular weight excluding hydrogens is 362 g/mol. The first-order valence-corrected chi connectivity index (χ1v) is 8.27. The molecule has 0 aromatic heterocycles. The second-order valence-electron chi connectivity index (χ2n) is 5.63. The predicted molar refractivity (Wildman–Crippen MR) is 90.3 cm³/mol. The van der Waals surface area contributed by atoms with Gasteiger partial charge in [-0.2, -0.15) is 0 Å². The topological polar surface area (TPSA) is 75.6 Å². The molecule has 2 rings (SSSR count). The van der Waals surface area contributed by atoms with Gasteiger partial charge in [0.25, 0.3) is 0 Å². The number of amides is 1. The molecule has 0 spiro atoms. The van der Waals surface area contributed by atoms with Crippen molar-refractivity contribution in [2.45, 2.75) is 30.7 Å². The third-order valence-electron chi connectivity index (χ3n) is 4.16. The maximum absolute atomic E-state index is 12.7. The van der Waals surface area contributed by atoms with Crippen molar-refractivity contribution in [2.75, 3.05) is 13.2 Å². The van der Waals surface area contributed by atoms with Crippen molar-refractivity contribution in [3.63, 3.8) is 0 Å². The van der Waals surface area contributed by atoms with Crippen molar-refractivity contribution in [2.24, 2.45) is 0 Å². The van der Waals surface area contributed by atoms with Crippen LogP contribution in [0.1, 0.15) is 24.8 Å². The van der Waals surface area contributed by atoms with E-state index in [0.717, 1.165) is 29.3 Å². The maximum atomic E-state index is 12.7. The molecule has 1 atom stereocenters. The first-order valence-electron chi connectivity index (χ1n) is 7.48. The van der Waals surface area contributed by atoms with E-state index >= 15 is 0 Å². The Morgan fingerprint density at radius 1 is 1.39 bits per heavy atom. The smallest absolute Gasteiger partial charge is 0.328 e. The Hall–Kier alpha value is -1.66. The Labute approximate surface area is 143 Å². The molecule has 124 valence electrons. The quantitative estimate of drug-likeness (QED) is 0.536. The molecule has 23 heavy (non-hydrogen) atoms. The van der Waals surface area contributed by atoms with E-state index in [1.165, 1.54) is 6.08 Å². The lowest BCUT2D eigenvalue weighted by molar-refractivity contribution is -0.145. The van der Waals surface area contributed by atoms with E-state index in [9.17, 15) is 14.7 Å². The summed E-state index contributed by atoms with van der Waals surface area (Å²) in [6.45, 7) is 3.68. The van der Waals surface area contributed by atoms with Crippen LogP contribution in [0.3, 0.4) is 0 Å². The Bertz CT molecular complexity index is 581. The number of carboxylic acids is 1. The standard InChI is InChI=1S/C17H20BrNO4/c1-2-10-23-11-14(15(20)21)19-16(22)17(8-3-9-17)12-4-6-13(18)7-5-12/h2,4-7,14H,1,3,8-11H2,(H,19,22)(H,20,21). The average Bonchev–Trinajstić information content (AvgIpc) is 2.47. The van der Waals surface area contributed by atoms with Crippen LogP contribution in [0, 0.1) is 0 Å². The molecule has 0 saturated heterocycles. The van der Waals surface area contributed by atoms with Crippen LogP contribution in [0.15, 0.2) is 41.4 Å². The van der Waals surface area contributed by atoms with Crippen LogP contribution in [-0.4, -0.2) is 36.2 Å². The van der Waals surface area contributed by atoms with Gasteiger partial charge in [-0.25, -0.2) is 4.79 Å². The summed E-state index contributed by atoms with van der Waals surface area (Å²) in [6, 6.07) is 6.55. The number of hydrogen-bond acceptors (Lipinski definition) is 3. The number of benzene rings is 1. The van der Waals surface area contributed by atoms with Gasteiger partial charge in [-0.05, 0) is 30.5 Å². The zero-order chi connectivity index (χ0) is 16.9. The summed E-state index contributed by atoms with van der Waals surface area (Å²) in [5.74, 6) is -1.35. The molecular formula is C17H20BrNO4. The molecule has 0 bridgehead atoms. The third-order valence-corrected chi connectivity index (χ3v) is 4.69. The minimum Gasteiger partial charge on any atom is -0.480 e. The Balaban J connectivity index is 2.10. The van der Waals surface area contributed by atoms with Gasteiger partial charge in [-0.3, -0.25) is 4.79 Å². The molecule has 1 aromatic carbocycles. The molecule has 0 heterocycles. The minimum absolute atomic E-state index is 0.0799. The molecule has 1 aromatic rings. The molecule has 1 saturated carbocycles. The molecule has 5 nitrogen and oxygen atoms in total. The van der Waals surface area contributed by atoms with Crippen LogP contribution in [0.5, 0.6) is 0 Å². The lowest BCUT2D eigenvalue weighted by atomic mass is 9.63. The molecule has 1 fully saturated rings. The van der Waals surface area contributed by atoms with Crippen LogP contribution >= 0.6 is 15.9 Å². The Morgan fingerprint density at radius 2 is 2.04 bits per heavy atom. The van der Waals surface area contributed by atoms with Crippen LogP contribution in [0.2, 0.25) is 0 Å². The summed E-state index contributed by atoms with van der Waals surface area (Å²) in [6.07, 6.45) is 3.94. The highest BCUT2D eigenvalue weighted by Gasteiger charge is 2.46. The fourth-order valence-corrected chi connectivity index (χ4v) is 2.95. The fourth-order valence-electron chi connectivity index (χ4n) is 2.69. The summed E-state index contributed by atoms with van der Waals surface area (Å²) < 4.78 is 6.12. The van der Waals surface area contributed by atoms with Crippen LogP contribution < -0.4 is 5.32 Å². The molecule has 1 unspecified atom stereocenters. The predicted octanol–water partition coefficient (Wildman–Crippen LogP) is 2.64. The number of nitrogens with one attached hydrogen (secondary N) is 1. The summed E-state index contributed by atoms with van der Waals surface area (Å²) in [5.41, 5.74) is 0.285. The van der Waals surface area contributed by atoms with Gasteiger partial charge in [0.05, 0.1) is 18.6 Å². The molecule has 0 radical (unpaired) electrons. The first kappa shape index (κ1) is 17.7. The van der Waals surface area contributed by atoms with Gasteiger partial charge in [0.1, 0.15) is 0 Å². The van der Waals surface area contributed by atoms with Gasteiger partial charge in [0, 0.05) is 4.47 Å². The van der Waals surface area contributed by atoms with Crippen molar-refractivity contribution < 1.29 is 19.4 Å². The Morgan fingerprint density at radius 3 is 2.52 bits per heavy atom. The number of aliphatic carboxylic acids is 1. The molecule has 0 aliphatic heterocycles. The van der Waals surface area contributed by atoms with E-state index in [1.54, 1.807) is 0 Å². The van der Waals surface area contributed by atoms with Crippen molar-refractivity contribution >= 4 is 27.8 Å². The lowest BCUT2D eigenvalue weighted by Crippen LogP contribution is -2.55. The number of rotatable bonds is 8. The van der Waals surface area contributed by atoms with Crippen molar-refractivity contribution in [3.8, 4) is 0 Å². The summed E-state index contributed by atoms with van der Waals surface area (Å²) in [4.78, 5) is 24.0. The van der Waals surface area contributed by atoms with E-state index in [-0.39, 0.29) is 19.1 Å². The summed E-state index contributed by atoms with van der Waals surface area (Å²) in [5, 5.41) is 11.9. The number of carbonyl (C=O) groups is 2. The van der Waals surface area contributed by atoms with Crippen LogP contribution in [0.25, 0.3) is 0 Å². The lowest BCUT2D eigenvalue weighted by Gasteiger charge is -2.41. The summed E-state index contributed by atoms with van der Waals surface area (Å²) >= 11 is 3.38. The minimum atomic E-state index is -1.10. The normalized spacial score (nSPS) is 16.9. The van der Waals surface area contributed by atoms with Crippen molar-refractivity contribution in [3.05, 3.63) is 47.0 Å². The second-order valence-corrected chi connectivity index (χ2v) is 6.55. The molecule has 1 aliphatic rings. The molecule has 1 aliphatic carbocycles. The van der Waals surface area contributed by atoms with E-state index in [1.807, 2.05) is 24.3 Å². The van der Waals surface area contributed by atoms with Crippen molar-refractivity contribution in [1.82, 2.24) is 5.32 Å². The first-order chi connectivity index (χ1) is 11.0. The fraction of sp³-hybridized carbons (Fsp3) is 0.412. The zero-order valence-corrected chi connectivity index (χ0v) is 14.3. The number of hydrogen-bond donors (Lipinski definition) is 2. The number of carboxylic acid groups (broad SMARTS) is 1. The monoisotopic (exact) mass is 381 g/mol. The van der Waals surface area contributed by atoms with Gasteiger partial charge in [0.15, 0.2) is 6.04 Å². The van der Waals surface area contributed by atoms with Gasteiger partial charge >= 0.3 is 5.97 Å². The Kier molecular flexibility index (Phi) is 5.96. The van der Waals surface area contributed by atoms with Crippen LogP contribution in [-0.2, 0) is 19.7 Å². The van der Waals surface area contributed by atoms with E-state index < -0.39 is 17.4 Å². The molecule has 6 heteroatoms. The average molecular weight is 382 g/mol. The maximum Gasteiger partial charge on any atom is 0.328 e. The number of ether oxygens (including phenoxy) is 1. The molecule has 2 N–H and O–H groups in total. The highest BCUT2D eigenvalue weighted by atomic mass is 79.9. The third kappa shape index (κ3) is 4.00. The highest BCUT2D eigenvalue weighted by Crippen LogP contribution is 2.44. The number of halogens is 1. The van der Waals surface area contributed by atoms with Crippen LogP contribution in [0.4, 0.5) is 0 Å². The number of carbonyl (C=O) groups excluding carboxylic acids is 1. The second kappa shape index (κ2) is 7.75. The van der Waals surface area contributed by atoms with E-state index in [0.29, 0.717) is 0 Å². The zero-order valence-electron chi connectivity index (χ0n) is 12.8. The van der Waals surface area contributed by atoms with Crippen molar-refractivity contribution in [1.29, 1.82) is 0 Å².